The Morgan fingerprint density at radius 1 is 1.19 bits per heavy atom. The summed E-state index contributed by atoms with van der Waals surface area (Å²) in [6.45, 7) is 0.355. The largest absolute Gasteiger partial charge is 0.506 e. The van der Waals surface area contributed by atoms with E-state index in [1.165, 1.54) is 46.8 Å². The molecule has 0 bridgehead atoms. The van der Waals surface area contributed by atoms with E-state index in [2.05, 4.69) is 10.3 Å². The molecule has 1 saturated heterocycles. The summed E-state index contributed by atoms with van der Waals surface area (Å²) in [6.07, 6.45) is 0.524. The second-order valence-electron chi connectivity index (χ2n) is 6.31. The third-order valence-corrected chi connectivity index (χ3v) is 6.31. The zero-order chi connectivity index (χ0) is 19.2. The second-order valence-corrected chi connectivity index (χ2v) is 8.32. The minimum absolute atomic E-state index is 0.0706. The maximum Gasteiger partial charge on any atom is 0.272 e. The Hall–Kier alpha value is -3.07. The maximum atomic E-state index is 13.3. The van der Waals surface area contributed by atoms with Gasteiger partial charge in [0, 0.05) is 17.4 Å². The number of halogens is 1. The molecule has 4 rings (SSSR count). The predicted octanol–water partition coefficient (Wildman–Crippen LogP) is 2.80. The van der Waals surface area contributed by atoms with Crippen molar-refractivity contribution in [1.29, 1.82) is 0 Å². The van der Waals surface area contributed by atoms with Crippen molar-refractivity contribution in [2.45, 2.75) is 6.42 Å². The van der Waals surface area contributed by atoms with Gasteiger partial charge in [0.15, 0.2) is 0 Å². The second kappa shape index (κ2) is 6.27. The number of hydrogen-bond acceptors (Lipinski definition) is 4. The number of amides is 1. The highest BCUT2D eigenvalue weighted by Gasteiger charge is 2.29. The summed E-state index contributed by atoms with van der Waals surface area (Å²) in [4.78, 5) is 15.4. The standard InChI is InChI=1S/C18H16FN3O4S/c19-12-2-4-14-11(8-12)9-16(20-14)18(24)21-15-10-13(3-5-17(15)23)22-6-1-7-27(22,25)26/h2-5,8-10,20,23H,1,6-7H2,(H,21,24). The molecule has 9 heteroatoms. The molecular formula is C18H16FN3O4S. The van der Waals surface area contributed by atoms with Gasteiger partial charge in [-0.25, -0.2) is 12.8 Å². The van der Waals surface area contributed by atoms with E-state index < -0.39 is 21.7 Å². The molecule has 27 heavy (non-hydrogen) atoms. The number of hydrogen-bond donors (Lipinski definition) is 3. The number of carbonyl (C=O) groups is 1. The van der Waals surface area contributed by atoms with Crippen molar-refractivity contribution in [1.82, 2.24) is 4.98 Å². The molecular weight excluding hydrogens is 373 g/mol. The SMILES string of the molecule is O=C(Nc1cc(N2CCCS2(=O)=O)ccc1O)c1cc2cc(F)ccc2[nH]1. The van der Waals surface area contributed by atoms with Gasteiger partial charge in [0.05, 0.1) is 17.1 Å². The average molecular weight is 389 g/mol. The molecule has 0 unspecified atom stereocenters. The highest BCUT2D eigenvalue weighted by molar-refractivity contribution is 7.93. The van der Waals surface area contributed by atoms with Crippen molar-refractivity contribution in [2.24, 2.45) is 0 Å². The van der Waals surface area contributed by atoms with Crippen LogP contribution in [0.25, 0.3) is 10.9 Å². The third kappa shape index (κ3) is 3.21. The van der Waals surface area contributed by atoms with E-state index in [1.54, 1.807) is 0 Å². The van der Waals surface area contributed by atoms with Crippen molar-refractivity contribution in [2.75, 3.05) is 21.9 Å². The van der Waals surface area contributed by atoms with Crippen LogP contribution in [-0.4, -0.2) is 36.7 Å². The van der Waals surface area contributed by atoms with Gasteiger partial charge in [-0.1, -0.05) is 0 Å². The molecule has 3 aromatic rings. The van der Waals surface area contributed by atoms with E-state index in [4.69, 9.17) is 0 Å². The van der Waals surface area contributed by atoms with Crippen LogP contribution in [0.1, 0.15) is 16.9 Å². The zero-order valence-electron chi connectivity index (χ0n) is 14.1. The van der Waals surface area contributed by atoms with Crippen LogP contribution in [0.15, 0.2) is 42.5 Å². The number of rotatable bonds is 3. The van der Waals surface area contributed by atoms with Gasteiger partial charge in [-0.3, -0.25) is 9.10 Å². The Kier molecular flexibility index (Phi) is 4.03. The molecule has 0 saturated carbocycles. The quantitative estimate of drug-likeness (QED) is 0.600. The minimum atomic E-state index is -3.37. The first-order valence-corrected chi connectivity index (χ1v) is 9.87. The first-order chi connectivity index (χ1) is 12.8. The maximum absolute atomic E-state index is 13.3. The van der Waals surface area contributed by atoms with Crippen LogP contribution >= 0.6 is 0 Å². The van der Waals surface area contributed by atoms with E-state index >= 15 is 0 Å². The zero-order valence-corrected chi connectivity index (χ0v) is 14.9. The Morgan fingerprint density at radius 3 is 2.74 bits per heavy atom. The number of fused-ring (bicyclic) bond motifs is 1. The summed E-state index contributed by atoms with van der Waals surface area (Å²) in [7, 11) is -3.37. The molecule has 1 aliphatic rings. The number of sulfonamides is 1. The lowest BCUT2D eigenvalue weighted by molar-refractivity contribution is 0.102. The predicted molar refractivity (Wildman–Crippen MR) is 100 cm³/mol. The highest BCUT2D eigenvalue weighted by Crippen LogP contribution is 2.32. The molecule has 0 aliphatic carbocycles. The number of nitrogens with one attached hydrogen (secondary N) is 2. The smallest absolute Gasteiger partial charge is 0.272 e. The normalized spacial score (nSPS) is 16.0. The van der Waals surface area contributed by atoms with Crippen molar-refractivity contribution < 1.29 is 22.7 Å². The van der Waals surface area contributed by atoms with Crippen molar-refractivity contribution in [3.8, 4) is 5.75 Å². The van der Waals surface area contributed by atoms with Crippen LogP contribution < -0.4 is 9.62 Å². The number of aromatic amines is 1. The number of H-pyrrole nitrogens is 1. The lowest BCUT2D eigenvalue weighted by atomic mass is 10.2. The fourth-order valence-electron chi connectivity index (χ4n) is 3.12. The molecule has 0 spiro atoms. The average Bonchev–Trinajstić information content (AvgIpc) is 3.19. The number of phenolic OH excluding ortho intramolecular Hbond substituents is 1. The van der Waals surface area contributed by atoms with E-state index in [-0.39, 0.29) is 22.9 Å². The summed E-state index contributed by atoms with van der Waals surface area (Å²) in [5, 5.41) is 13.1. The van der Waals surface area contributed by atoms with Crippen LogP contribution in [-0.2, 0) is 10.0 Å². The fraction of sp³-hybridized carbons (Fsp3) is 0.167. The van der Waals surface area contributed by atoms with Gasteiger partial charge in [-0.05, 0) is 48.9 Å². The number of benzene rings is 2. The molecule has 140 valence electrons. The van der Waals surface area contributed by atoms with Crippen LogP contribution in [0.2, 0.25) is 0 Å². The molecule has 7 nitrogen and oxygen atoms in total. The molecule has 0 radical (unpaired) electrons. The number of nitrogens with zero attached hydrogens (tertiary/aromatic N) is 1. The van der Waals surface area contributed by atoms with E-state index in [1.807, 2.05) is 0 Å². The molecule has 1 aromatic heterocycles. The van der Waals surface area contributed by atoms with E-state index in [0.717, 1.165) is 0 Å². The number of aromatic nitrogens is 1. The molecule has 1 amide bonds. The molecule has 1 aliphatic heterocycles. The summed E-state index contributed by atoms with van der Waals surface area (Å²) in [6, 6.07) is 9.85. The van der Waals surface area contributed by atoms with Crippen LogP contribution in [0, 0.1) is 5.82 Å². The van der Waals surface area contributed by atoms with Crippen molar-refractivity contribution >= 4 is 38.2 Å². The summed E-state index contributed by atoms with van der Waals surface area (Å²) >= 11 is 0. The fourth-order valence-corrected chi connectivity index (χ4v) is 4.68. The number of aromatic hydroxyl groups is 1. The number of carbonyl (C=O) groups excluding carboxylic acids is 1. The van der Waals surface area contributed by atoms with Crippen molar-refractivity contribution in [3.63, 3.8) is 0 Å². The molecule has 1 fully saturated rings. The van der Waals surface area contributed by atoms with Gasteiger partial charge in [0.1, 0.15) is 17.3 Å². The minimum Gasteiger partial charge on any atom is -0.506 e. The lowest BCUT2D eigenvalue weighted by Crippen LogP contribution is -2.25. The molecule has 3 N–H and O–H groups in total. The Balaban J connectivity index is 1.63. The monoisotopic (exact) mass is 389 g/mol. The third-order valence-electron chi connectivity index (χ3n) is 4.44. The van der Waals surface area contributed by atoms with Crippen molar-refractivity contribution in [3.05, 3.63) is 54.0 Å². The van der Waals surface area contributed by atoms with Gasteiger partial charge in [0.25, 0.3) is 5.91 Å². The van der Waals surface area contributed by atoms with Gasteiger partial charge >= 0.3 is 0 Å². The summed E-state index contributed by atoms with van der Waals surface area (Å²) in [5.41, 5.74) is 1.25. The van der Waals surface area contributed by atoms with Gasteiger partial charge in [-0.2, -0.15) is 0 Å². The highest BCUT2D eigenvalue weighted by atomic mass is 32.2. The van der Waals surface area contributed by atoms with Crippen LogP contribution in [0.3, 0.4) is 0 Å². The van der Waals surface area contributed by atoms with Crippen LogP contribution in [0.4, 0.5) is 15.8 Å². The Morgan fingerprint density at radius 2 is 2.00 bits per heavy atom. The summed E-state index contributed by atoms with van der Waals surface area (Å²) < 4.78 is 38.7. The molecule has 2 heterocycles. The van der Waals surface area contributed by atoms with Gasteiger partial charge in [0.2, 0.25) is 10.0 Å². The Bertz CT molecular complexity index is 1160. The Labute approximate surface area is 154 Å². The summed E-state index contributed by atoms with van der Waals surface area (Å²) in [5.74, 6) is -1.07. The number of anilines is 2. The lowest BCUT2D eigenvalue weighted by Gasteiger charge is -2.18. The topological polar surface area (TPSA) is 102 Å². The van der Waals surface area contributed by atoms with Gasteiger partial charge in [-0.15, -0.1) is 0 Å². The molecule has 0 atom stereocenters. The first kappa shape index (κ1) is 17.3. The van der Waals surface area contributed by atoms with Crippen LogP contribution in [0.5, 0.6) is 5.75 Å². The number of phenols is 1. The van der Waals surface area contributed by atoms with Gasteiger partial charge < -0.3 is 15.4 Å². The first-order valence-electron chi connectivity index (χ1n) is 8.26. The molecule has 2 aromatic carbocycles. The van der Waals surface area contributed by atoms with E-state index in [0.29, 0.717) is 29.6 Å². The van der Waals surface area contributed by atoms with E-state index in [9.17, 15) is 22.7 Å².